The molecule has 0 saturated heterocycles. The fourth-order valence-corrected chi connectivity index (χ4v) is 3.68. The molecule has 5 heteroatoms. The van der Waals surface area contributed by atoms with Crippen LogP contribution in [-0.4, -0.2) is 34.4 Å². The van der Waals surface area contributed by atoms with Crippen LogP contribution in [0.4, 0.5) is 0 Å². The van der Waals surface area contributed by atoms with Crippen LogP contribution in [0.1, 0.15) is 35.9 Å². The summed E-state index contributed by atoms with van der Waals surface area (Å²) < 4.78 is 7.75. The number of fused-ring (bicyclic) bond motifs is 1. The largest absolute Gasteiger partial charge is 0.381 e. The minimum Gasteiger partial charge on any atom is -0.381 e. The van der Waals surface area contributed by atoms with Gasteiger partial charge in [-0.2, -0.15) is 5.10 Å². The van der Waals surface area contributed by atoms with E-state index in [0.29, 0.717) is 5.92 Å². The van der Waals surface area contributed by atoms with Gasteiger partial charge in [-0.25, -0.2) is 0 Å². The van der Waals surface area contributed by atoms with Gasteiger partial charge in [0.1, 0.15) is 0 Å². The summed E-state index contributed by atoms with van der Waals surface area (Å²) in [5.41, 5.74) is 2.61. The molecule has 0 spiro atoms. The van der Waals surface area contributed by atoms with Gasteiger partial charge in [0, 0.05) is 55.3 Å². The molecule has 0 fully saturated rings. The van der Waals surface area contributed by atoms with Crippen LogP contribution in [0.5, 0.6) is 0 Å². The van der Waals surface area contributed by atoms with Gasteiger partial charge in [-0.3, -0.25) is 9.58 Å². The van der Waals surface area contributed by atoms with Crippen LogP contribution in [0.2, 0.25) is 0 Å². The molecular formula is C16H23N3OS. The third-order valence-electron chi connectivity index (χ3n) is 3.97. The quantitative estimate of drug-likeness (QED) is 0.821. The van der Waals surface area contributed by atoms with Gasteiger partial charge in [-0.1, -0.05) is 6.07 Å². The van der Waals surface area contributed by atoms with Crippen LogP contribution in [0.3, 0.4) is 0 Å². The van der Waals surface area contributed by atoms with Crippen LogP contribution in [0, 0.1) is 0 Å². The molecule has 114 valence electrons. The molecule has 0 unspecified atom stereocenters. The van der Waals surface area contributed by atoms with Crippen LogP contribution in [-0.2, 0) is 24.4 Å². The highest BCUT2D eigenvalue weighted by Crippen LogP contribution is 2.29. The summed E-state index contributed by atoms with van der Waals surface area (Å²) in [5.74, 6) is 0.439. The maximum atomic E-state index is 5.70. The van der Waals surface area contributed by atoms with Gasteiger partial charge in [0.25, 0.3) is 0 Å². The standard InChI is InChI=1S/C16H23N3OS/c1-3-19-10-15-13(12-20-4-2)8-18(11-16(15)17-19)9-14-6-5-7-21-14/h5-7,10,13H,3-4,8-9,11-12H2,1-2H3/t13-/m0/s1. The molecule has 0 aliphatic carbocycles. The highest BCUT2D eigenvalue weighted by Gasteiger charge is 2.28. The Morgan fingerprint density at radius 3 is 3.05 bits per heavy atom. The normalized spacial score (nSPS) is 18.9. The number of hydrogen-bond donors (Lipinski definition) is 0. The number of nitrogens with zero attached hydrogens (tertiary/aromatic N) is 3. The summed E-state index contributed by atoms with van der Waals surface area (Å²) in [6.07, 6.45) is 2.21. The average molecular weight is 305 g/mol. The van der Waals surface area contributed by atoms with Crippen LogP contribution < -0.4 is 0 Å². The Balaban J connectivity index is 1.77. The molecule has 2 aromatic heterocycles. The van der Waals surface area contributed by atoms with Crippen molar-refractivity contribution in [3.05, 3.63) is 39.8 Å². The number of aryl methyl sites for hydroxylation is 1. The third kappa shape index (κ3) is 3.36. The first-order chi connectivity index (χ1) is 10.3. The maximum absolute atomic E-state index is 5.70. The van der Waals surface area contributed by atoms with Gasteiger partial charge in [-0.05, 0) is 25.3 Å². The third-order valence-corrected chi connectivity index (χ3v) is 4.83. The van der Waals surface area contributed by atoms with Crippen molar-refractivity contribution in [3.8, 4) is 0 Å². The second-order valence-corrected chi connectivity index (χ2v) is 6.52. The maximum Gasteiger partial charge on any atom is 0.0801 e. The first-order valence-corrected chi connectivity index (χ1v) is 8.56. The SMILES string of the molecule is CCOC[C@@H]1CN(Cc2cccs2)Cc2nn(CC)cc21. The molecule has 1 atom stereocenters. The lowest BCUT2D eigenvalue weighted by Gasteiger charge is -2.31. The Bertz CT molecular complexity index is 564. The Hall–Kier alpha value is -1.17. The van der Waals surface area contributed by atoms with Gasteiger partial charge < -0.3 is 4.74 Å². The second kappa shape index (κ2) is 6.73. The van der Waals surface area contributed by atoms with E-state index in [2.05, 4.69) is 47.1 Å². The lowest BCUT2D eigenvalue weighted by atomic mass is 9.95. The van der Waals surface area contributed by atoms with Gasteiger partial charge in [-0.15, -0.1) is 11.3 Å². The zero-order valence-electron chi connectivity index (χ0n) is 12.8. The Labute approximate surface area is 130 Å². The van der Waals surface area contributed by atoms with Crippen molar-refractivity contribution in [2.24, 2.45) is 0 Å². The van der Waals surface area contributed by atoms with E-state index >= 15 is 0 Å². The Morgan fingerprint density at radius 2 is 2.33 bits per heavy atom. The molecule has 3 rings (SSSR count). The molecule has 21 heavy (non-hydrogen) atoms. The van der Waals surface area contributed by atoms with Gasteiger partial charge >= 0.3 is 0 Å². The minimum atomic E-state index is 0.439. The highest BCUT2D eigenvalue weighted by atomic mass is 32.1. The predicted molar refractivity (Wildman–Crippen MR) is 85.6 cm³/mol. The lowest BCUT2D eigenvalue weighted by Crippen LogP contribution is -2.34. The number of thiophene rings is 1. The minimum absolute atomic E-state index is 0.439. The molecule has 4 nitrogen and oxygen atoms in total. The van der Waals surface area contributed by atoms with Crippen molar-refractivity contribution < 1.29 is 4.74 Å². The summed E-state index contributed by atoms with van der Waals surface area (Å²) in [5, 5.41) is 6.88. The molecule has 0 amide bonds. The predicted octanol–water partition coefficient (Wildman–Crippen LogP) is 3.10. The molecule has 0 radical (unpaired) electrons. The van der Waals surface area contributed by atoms with E-state index in [-0.39, 0.29) is 0 Å². The molecule has 1 aliphatic heterocycles. The van der Waals surface area contributed by atoms with E-state index in [1.807, 2.05) is 11.3 Å². The Morgan fingerprint density at radius 1 is 1.43 bits per heavy atom. The summed E-state index contributed by atoms with van der Waals surface area (Å²) in [6.45, 7) is 9.71. The van der Waals surface area contributed by atoms with E-state index in [1.165, 1.54) is 16.1 Å². The van der Waals surface area contributed by atoms with E-state index in [9.17, 15) is 0 Å². The molecule has 0 N–H and O–H groups in total. The smallest absolute Gasteiger partial charge is 0.0801 e. The van der Waals surface area contributed by atoms with Gasteiger partial charge in [0.15, 0.2) is 0 Å². The fraction of sp³-hybridized carbons (Fsp3) is 0.562. The van der Waals surface area contributed by atoms with E-state index < -0.39 is 0 Å². The van der Waals surface area contributed by atoms with Gasteiger partial charge in [0.05, 0.1) is 12.3 Å². The summed E-state index contributed by atoms with van der Waals surface area (Å²) in [4.78, 5) is 3.91. The Kier molecular flexibility index (Phi) is 4.73. The molecule has 0 saturated carbocycles. The van der Waals surface area contributed by atoms with Crippen molar-refractivity contribution in [2.45, 2.75) is 39.4 Å². The topological polar surface area (TPSA) is 30.3 Å². The van der Waals surface area contributed by atoms with Crippen LogP contribution >= 0.6 is 11.3 Å². The van der Waals surface area contributed by atoms with Crippen LogP contribution in [0.25, 0.3) is 0 Å². The van der Waals surface area contributed by atoms with Crippen molar-refractivity contribution in [3.63, 3.8) is 0 Å². The average Bonchev–Trinajstić information content (AvgIpc) is 3.13. The summed E-state index contributed by atoms with van der Waals surface area (Å²) in [7, 11) is 0. The number of rotatable bonds is 6. The van der Waals surface area contributed by atoms with E-state index in [1.54, 1.807) is 0 Å². The molecule has 1 aliphatic rings. The van der Waals surface area contributed by atoms with Crippen LogP contribution in [0.15, 0.2) is 23.7 Å². The first-order valence-electron chi connectivity index (χ1n) is 7.68. The lowest BCUT2D eigenvalue weighted by molar-refractivity contribution is 0.105. The van der Waals surface area contributed by atoms with Crippen molar-refractivity contribution >= 4 is 11.3 Å². The highest BCUT2D eigenvalue weighted by molar-refractivity contribution is 7.09. The van der Waals surface area contributed by atoms with Crippen molar-refractivity contribution in [1.82, 2.24) is 14.7 Å². The molecule has 0 bridgehead atoms. The number of ether oxygens (including phenoxy) is 1. The summed E-state index contributed by atoms with van der Waals surface area (Å²) >= 11 is 1.83. The number of hydrogen-bond acceptors (Lipinski definition) is 4. The van der Waals surface area contributed by atoms with Gasteiger partial charge in [0.2, 0.25) is 0 Å². The first kappa shape index (κ1) is 14.8. The summed E-state index contributed by atoms with van der Waals surface area (Å²) in [6, 6.07) is 4.33. The fourth-order valence-electron chi connectivity index (χ4n) is 2.94. The zero-order chi connectivity index (χ0) is 14.7. The molecular weight excluding hydrogens is 282 g/mol. The number of aromatic nitrogens is 2. The van der Waals surface area contributed by atoms with Crippen molar-refractivity contribution in [1.29, 1.82) is 0 Å². The zero-order valence-corrected chi connectivity index (χ0v) is 13.6. The second-order valence-electron chi connectivity index (χ2n) is 5.49. The van der Waals surface area contributed by atoms with E-state index in [4.69, 9.17) is 9.84 Å². The molecule has 0 aromatic carbocycles. The van der Waals surface area contributed by atoms with E-state index in [0.717, 1.165) is 39.4 Å². The monoisotopic (exact) mass is 305 g/mol. The molecule has 3 heterocycles. The molecule has 2 aromatic rings. The van der Waals surface area contributed by atoms with Crippen molar-refractivity contribution in [2.75, 3.05) is 19.8 Å².